The van der Waals surface area contributed by atoms with E-state index in [-0.39, 0.29) is 24.0 Å². The molecule has 0 amide bonds. The smallest absolute Gasteiger partial charge is 0.191 e. The second-order valence-electron chi connectivity index (χ2n) is 7.46. The van der Waals surface area contributed by atoms with Crippen LogP contribution in [-0.2, 0) is 0 Å². The zero-order valence-electron chi connectivity index (χ0n) is 16.0. The third-order valence-electron chi connectivity index (χ3n) is 6.03. The number of aliphatic imine (C=N–C) groups is 1. The van der Waals surface area contributed by atoms with Crippen molar-refractivity contribution in [3.8, 4) is 0 Å². The number of piperazine rings is 3. The number of rotatable bonds is 6. The third kappa shape index (κ3) is 5.94. The van der Waals surface area contributed by atoms with Crippen LogP contribution >= 0.6 is 24.0 Å². The highest BCUT2D eigenvalue weighted by molar-refractivity contribution is 14.0. The standard InChI is InChI=1S/C18H36N6.HI/c1-3-16-6-4-5-8-23(16)9-7-20-18(19-2)21-14-17-15-22-10-12-24(17)13-11-22;/h16-17H,3-15H2,1-2H3,(H2,19,20,21);1H. The molecular weight excluding hydrogens is 427 g/mol. The van der Waals surface area contributed by atoms with Gasteiger partial charge in [-0.2, -0.15) is 0 Å². The molecule has 0 spiro atoms. The van der Waals surface area contributed by atoms with Gasteiger partial charge < -0.3 is 10.6 Å². The van der Waals surface area contributed by atoms with Crippen molar-refractivity contribution in [3.63, 3.8) is 0 Å². The van der Waals surface area contributed by atoms with Crippen molar-refractivity contribution < 1.29 is 0 Å². The van der Waals surface area contributed by atoms with Gasteiger partial charge in [0.25, 0.3) is 0 Å². The fourth-order valence-corrected chi connectivity index (χ4v) is 4.49. The lowest BCUT2D eigenvalue weighted by molar-refractivity contribution is 0.0154. The summed E-state index contributed by atoms with van der Waals surface area (Å²) in [6.07, 6.45) is 5.41. The van der Waals surface area contributed by atoms with Crippen LogP contribution in [0, 0.1) is 0 Å². The van der Waals surface area contributed by atoms with E-state index in [1.165, 1.54) is 65.0 Å². The Kier molecular flexibility index (Phi) is 9.23. The Labute approximate surface area is 170 Å². The van der Waals surface area contributed by atoms with Crippen LogP contribution in [0.5, 0.6) is 0 Å². The van der Waals surface area contributed by atoms with Gasteiger partial charge in [-0.1, -0.05) is 13.3 Å². The summed E-state index contributed by atoms with van der Waals surface area (Å²) >= 11 is 0. The normalized spacial score (nSPS) is 33.0. The van der Waals surface area contributed by atoms with Gasteiger partial charge in [0.1, 0.15) is 0 Å². The molecule has 0 aliphatic carbocycles. The topological polar surface area (TPSA) is 46.1 Å². The van der Waals surface area contributed by atoms with E-state index >= 15 is 0 Å². The zero-order chi connectivity index (χ0) is 16.8. The van der Waals surface area contributed by atoms with Gasteiger partial charge in [-0.15, -0.1) is 24.0 Å². The number of nitrogens with zero attached hydrogens (tertiary/aromatic N) is 4. The highest BCUT2D eigenvalue weighted by Crippen LogP contribution is 2.18. The zero-order valence-corrected chi connectivity index (χ0v) is 18.4. The molecule has 146 valence electrons. The molecule has 0 aromatic rings. The Bertz CT molecular complexity index is 410. The van der Waals surface area contributed by atoms with E-state index < -0.39 is 0 Å². The molecule has 0 saturated carbocycles. The van der Waals surface area contributed by atoms with Gasteiger partial charge in [0.2, 0.25) is 0 Å². The monoisotopic (exact) mass is 464 g/mol. The molecular formula is C18H37IN6. The molecule has 4 aliphatic rings. The maximum atomic E-state index is 4.40. The number of fused-ring (bicyclic) bond motifs is 3. The Hall–Kier alpha value is -0.120. The summed E-state index contributed by atoms with van der Waals surface area (Å²) in [5.74, 6) is 0.956. The van der Waals surface area contributed by atoms with Crippen molar-refractivity contribution in [2.75, 3.05) is 66.0 Å². The van der Waals surface area contributed by atoms with Gasteiger partial charge in [-0.25, -0.2) is 0 Å². The number of guanidine groups is 1. The first kappa shape index (κ1) is 21.2. The molecule has 2 atom stereocenters. The maximum absolute atomic E-state index is 4.40. The first-order valence-corrected chi connectivity index (χ1v) is 9.95. The quantitative estimate of drug-likeness (QED) is 0.350. The summed E-state index contributed by atoms with van der Waals surface area (Å²) in [5, 5.41) is 7.05. The lowest BCUT2D eigenvalue weighted by Crippen LogP contribution is -2.64. The molecule has 2 bridgehead atoms. The summed E-state index contributed by atoms with van der Waals surface area (Å²) in [4.78, 5) is 12.3. The maximum Gasteiger partial charge on any atom is 0.191 e. The van der Waals surface area contributed by atoms with Crippen LogP contribution < -0.4 is 10.6 Å². The molecule has 7 heteroatoms. The van der Waals surface area contributed by atoms with Crippen LogP contribution in [0.4, 0.5) is 0 Å². The van der Waals surface area contributed by atoms with Crippen molar-refractivity contribution in [1.82, 2.24) is 25.3 Å². The van der Waals surface area contributed by atoms with Gasteiger partial charge in [0.05, 0.1) is 0 Å². The molecule has 2 unspecified atom stereocenters. The largest absolute Gasteiger partial charge is 0.355 e. The van der Waals surface area contributed by atoms with Gasteiger partial charge in [0, 0.05) is 71.5 Å². The van der Waals surface area contributed by atoms with Crippen molar-refractivity contribution in [2.24, 2.45) is 4.99 Å². The van der Waals surface area contributed by atoms with Crippen LogP contribution in [0.2, 0.25) is 0 Å². The Morgan fingerprint density at radius 2 is 1.84 bits per heavy atom. The molecule has 4 fully saturated rings. The van der Waals surface area contributed by atoms with Crippen molar-refractivity contribution in [3.05, 3.63) is 0 Å². The molecule has 2 N–H and O–H groups in total. The molecule has 6 nitrogen and oxygen atoms in total. The molecule has 0 aromatic heterocycles. The van der Waals surface area contributed by atoms with Crippen molar-refractivity contribution >= 4 is 29.9 Å². The predicted molar refractivity (Wildman–Crippen MR) is 116 cm³/mol. The SMILES string of the molecule is CCC1CCCCN1CCNC(=NC)NCC1CN2CCN1CC2.I. The van der Waals surface area contributed by atoms with Crippen LogP contribution in [0.15, 0.2) is 4.99 Å². The van der Waals surface area contributed by atoms with E-state index in [1.54, 1.807) is 0 Å². The second-order valence-corrected chi connectivity index (χ2v) is 7.46. The summed E-state index contributed by atoms with van der Waals surface area (Å²) in [6, 6.07) is 1.42. The Morgan fingerprint density at radius 3 is 2.48 bits per heavy atom. The van der Waals surface area contributed by atoms with Crippen LogP contribution in [0.3, 0.4) is 0 Å². The number of hydrogen-bond acceptors (Lipinski definition) is 4. The fraction of sp³-hybridized carbons (Fsp3) is 0.944. The number of halogens is 1. The van der Waals surface area contributed by atoms with E-state index in [4.69, 9.17) is 0 Å². The van der Waals surface area contributed by atoms with Crippen LogP contribution in [0.1, 0.15) is 32.6 Å². The number of nitrogens with one attached hydrogen (secondary N) is 2. The van der Waals surface area contributed by atoms with E-state index in [0.29, 0.717) is 6.04 Å². The Morgan fingerprint density at radius 1 is 1.04 bits per heavy atom. The molecule has 0 aromatic carbocycles. The fourth-order valence-electron chi connectivity index (χ4n) is 4.49. The second kappa shape index (κ2) is 10.9. The predicted octanol–water partition coefficient (Wildman–Crippen LogP) is 1.03. The van der Waals surface area contributed by atoms with Gasteiger partial charge in [0.15, 0.2) is 5.96 Å². The molecule has 4 saturated heterocycles. The van der Waals surface area contributed by atoms with Crippen LogP contribution in [-0.4, -0.2) is 98.7 Å². The first-order valence-electron chi connectivity index (χ1n) is 9.95. The number of likely N-dealkylation sites (tertiary alicyclic amines) is 1. The summed E-state index contributed by atoms with van der Waals surface area (Å²) in [5.41, 5.74) is 0. The highest BCUT2D eigenvalue weighted by atomic mass is 127. The van der Waals surface area contributed by atoms with Crippen molar-refractivity contribution in [1.29, 1.82) is 0 Å². The van der Waals surface area contributed by atoms with Gasteiger partial charge >= 0.3 is 0 Å². The summed E-state index contributed by atoms with van der Waals surface area (Å²) < 4.78 is 0. The molecule has 4 rings (SSSR count). The number of hydrogen-bond donors (Lipinski definition) is 2. The molecule has 0 radical (unpaired) electrons. The minimum Gasteiger partial charge on any atom is -0.355 e. The first-order chi connectivity index (χ1) is 11.8. The van der Waals surface area contributed by atoms with E-state index in [9.17, 15) is 0 Å². The minimum absolute atomic E-state index is 0. The van der Waals surface area contributed by atoms with E-state index in [2.05, 4.69) is 37.2 Å². The van der Waals surface area contributed by atoms with Gasteiger partial charge in [-0.3, -0.25) is 19.7 Å². The average molecular weight is 464 g/mol. The lowest BCUT2D eigenvalue weighted by atomic mass is 10.0. The van der Waals surface area contributed by atoms with Crippen molar-refractivity contribution in [2.45, 2.75) is 44.7 Å². The minimum atomic E-state index is 0. The highest BCUT2D eigenvalue weighted by Gasteiger charge is 2.31. The summed E-state index contributed by atoms with van der Waals surface area (Å²) in [6.45, 7) is 12.8. The van der Waals surface area contributed by atoms with E-state index in [1.807, 2.05) is 7.05 Å². The molecule has 4 heterocycles. The molecule has 25 heavy (non-hydrogen) atoms. The average Bonchev–Trinajstić information content (AvgIpc) is 2.65. The third-order valence-corrected chi connectivity index (χ3v) is 6.03. The van der Waals surface area contributed by atoms with Crippen LogP contribution in [0.25, 0.3) is 0 Å². The number of piperidine rings is 1. The Balaban J connectivity index is 0.00000225. The summed E-state index contributed by atoms with van der Waals surface area (Å²) in [7, 11) is 1.88. The van der Waals surface area contributed by atoms with E-state index in [0.717, 1.165) is 31.6 Å². The van der Waals surface area contributed by atoms with Gasteiger partial charge in [-0.05, 0) is 25.8 Å². The lowest BCUT2D eigenvalue weighted by Gasteiger charge is -2.47. The molecule has 4 aliphatic heterocycles.